The summed E-state index contributed by atoms with van der Waals surface area (Å²) in [5.41, 5.74) is 0.725. The Morgan fingerprint density at radius 3 is 2.54 bits per heavy atom. The fourth-order valence-electron chi connectivity index (χ4n) is 3.45. The lowest BCUT2D eigenvalue weighted by atomic mass is 10.0. The van der Waals surface area contributed by atoms with Crippen LogP contribution in [0.15, 0.2) is 48.5 Å². The van der Waals surface area contributed by atoms with Crippen molar-refractivity contribution < 1.29 is 14.1 Å². The zero-order chi connectivity index (χ0) is 20.1. The average molecular weight is 497 g/mol. The van der Waals surface area contributed by atoms with E-state index >= 15 is 0 Å². The number of benzene rings is 2. The maximum Gasteiger partial charge on any atom is 0.308 e. The minimum atomic E-state index is -0.919. The van der Waals surface area contributed by atoms with Gasteiger partial charge in [-0.15, -0.1) is 0 Å². The van der Waals surface area contributed by atoms with Crippen LogP contribution in [-0.4, -0.2) is 34.9 Å². The molecule has 1 saturated heterocycles. The lowest BCUT2D eigenvalue weighted by molar-refractivity contribution is -0.388. The molecule has 0 spiro atoms. The van der Waals surface area contributed by atoms with E-state index in [1.807, 2.05) is 18.2 Å². The number of likely N-dealkylation sites (tertiary alicyclic amines) is 1. The van der Waals surface area contributed by atoms with Crippen molar-refractivity contribution in [1.82, 2.24) is 10.2 Å². The quantitative estimate of drug-likeness (QED) is 0.215. The van der Waals surface area contributed by atoms with Gasteiger partial charge < -0.3 is 5.32 Å². The lowest BCUT2D eigenvalue weighted by Crippen LogP contribution is -2.45. The number of para-hydroxylation sites is 1. The first kappa shape index (κ1) is 20.7. The van der Waals surface area contributed by atoms with Gasteiger partial charge >= 0.3 is 5.69 Å². The molecule has 0 radical (unpaired) electrons. The number of piperidine rings is 1. The van der Waals surface area contributed by atoms with Crippen LogP contribution in [0.4, 0.5) is 10.1 Å². The van der Waals surface area contributed by atoms with Crippen molar-refractivity contribution in [3.05, 3.63) is 75.6 Å². The normalized spacial score (nSPS) is 16.5. The summed E-state index contributed by atoms with van der Waals surface area (Å²) in [4.78, 5) is 25.0. The maximum absolute atomic E-state index is 13.7. The minimum Gasteiger partial charge on any atom is -0.353 e. The molecular formula is C20H21FIN3O3. The first-order chi connectivity index (χ1) is 13.5. The third-order valence-electron chi connectivity index (χ3n) is 4.89. The number of halogens is 2. The first-order valence-corrected chi connectivity index (χ1v) is 10.3. The van der Waals surface area contributed by atoms with E-state index in [9.17, 15) is 19.3 Å². The molecular weight excluding hydrogens is 476 g/mol. The molecule has 8 heteroatoms. The Morgan fingerprint density at radius 2 is 1.89 bits per heavy atom. The second-order valence-corrected chi connectivity index (χ2v) is 7.99. The minimum absolute atomic E-state index is 0.0238. The van der Waals surface area contributed by atoms with Gasteiger partial charge in [-0.3, -0.25) is 19.8 Å². The molecule has 3 rings (SSSR count). The van der Waals surface area contributed by atoms with Crippen molar-refractivity contribution in [2.75, 3.05) is 13.1 Å². The molecule has 1 aliphatic rings. The van der Waals surface area contributed by atoms with Crippen LogP contribution >= 0.6 is 22.6 Å². The van der Waals surface area contributed by atoms with Crippen LogP contribution in [0.5, 0.6) is 0 Å². The van der Waals surface area contributed by atoms with Crippen LogP contribution in [0, 0.1) is 15.9 Å². The predicted molar refractivity (Wildman–Crippen MR) is 113 cm³/mol. The average Bonchev–Trinajstić information content (AvgIpc) is 2.68. The zero-order valence-electron chi connectivity index (χ0n) is 15.2. The van der Waals surface area contributed by atoms with Crippen LogP contribution in [0.25, 0.3) is 0 Å². The van der Waals surface area contributed by atoms with Crippen molar-refractivity contribution in [2.45, 2.75) is 29.4 Å². The zero-order valence-corrected chi connectivity index (χ0v) is 17.3. The SMILES string of the molecule is O=C(Cc1cccc(F)c1[N+](=O)[O-])NC1CCN(C(I)c2ccccc2)CC1. The molecule has 1 amide bonds. The molecule has 0 aliphatic carbocycles. The van der Waals surface area contributed by atoms with Crippen molar-refractivity contribution in [3.8, 4) is 0 Å². The number of rotatable bonds is 6. The molecule has 1 unspecified atom stereocenters. The van der Waals surface area contributed by atoms with Crippen LogP contribution in [0.1, 0.15) is 28.0 Å². The van der Waals surface area contributed by atoms with Gasteiger partial charge in [0.1, 0.15) is 0 Å². The highest BCUT2D eigenvalue weighted by Gasteiger charge is 2.26. The van der Waals surface area contributed by atoms with Crippen LogP contribution in [0.3, 0.4) is 0 Å². The standard InChI is InChI=1S/C20H21FIN3O3/c21-17-8-4-7-15(19(17)25(27)28)13-18(26)23-16-9-11-24(12-10-16)20(22)14-5-2-1-3-6-14/h1-8,16,20H,9-13H2,(H,23,26). The number of nitro groups is 1. The van der Waals surface area contributed by atoms with Gasteiger partial charge in [0, 0.05) is 24.7 Å². The largest absolute Gasteiger partial charge is 0.353 e. The van der Waals surface area contributed by atoms with Crippen molar-refractivity contribution >= 4 is 34.2 Å². The molecule has 1 heterocycles. The summed E-state index contributed by atoms with van der Waals surface area (Å²) in [7, 11) is 0. The van der Waals surface area contributed by atoms with E-state index < -0.39 is 16.4 Å². The molecule has 0 aromatic heterocycles. The number of hydrogen-bond donors (Lipinski definition) is 1. The molecule has 148 valence electrons. The highest BCUT2D eigenvalue weighted by atomic mass is 127. The van der Waals surface area contributed by atoms with Gasteiger partial charge in [0.25, 0.3) is 0 Å². The van der Waals surface area contributed by atoms with E-state index in [-0.39, 0.29) is 28.0 Å². The van der Waals surface area contributed by atoms with Crippen LogP contribution in [0.2, 0.25) is 0 Å². The molecule has 1 aliphatic heterocycles. The van der Waals surface area contributed by atoms with Crippen molar-refractivity contribution in [2.24, 2.45) is 0 Å². The first-order valence-electron chi connectivity index (χ1n) is 9.10. The third kappa shape index (κ3) is 5.05. The summed E-state index contributed by atoms with van der Waals surface area (Å²) in [6.07, 6.45) is 1.42. The number of amides is 1. The molecule has 0 saturated carbocycles. The maximum atomic E-state index is 13.7. The monoisotopic (exact) mass is 497 g/mol. The van der Waals surface area contributed by atoms with Gasteiger partial charge in [-0.2, -0.15) is 4.39 Å². The number of nitro benzene ring substituents is 1. The van der Waals surface area contributed by atoms with Crippen molar-refractivity contribution in [3.63, 3.8) is 0 Å². The molecule has 0 bridgehead atoms. The number of carbonyl (C=O) groups excluding carboxylic acids is 1. The molecule has 2 aromatic carbocycles. The Hall–Kier alpha value is -2.07. The Morgan fingerprint density at radius 1 is 1.21 bits per heavy atom. The number of alkyl halides is 1. The van der Waals surface area contributed by atoms with Gasteiger partial charge in [-0.25, -0.2) is 0 Å². The molecule has 1 atom stereocenters. The molecule has 28 heavy (non-hydrogen) atoms. The summed E-state index contributed by atoms with van der Waals surface area (Å²) in [6.45, 7) is 1.71. The van der Waals surface area contributed by atoms with Crippen LogP contribution in [-0.2, 0) is 11.2 Å². The van der Waals surface area contributed by atoms with E-state index in [4.69, 9.17) is 0 Å². The van der Waals surface area contributed by atoms with Gasteiger partial charge in [0.05, 0.1) is 15.4 Å². The summed E-state index contributed by atoms with van der Waals surface area (Å²) in [5.74, 6) is -1.24. The third-order valence-corrected chi connectivity index (χ3v) is 6.40. The van der Waals surface area contributed by atoms with Crippen molar-refractivity contribution in [1.29, 1.82) is 0 Å². The van der Waals surface area contributed by atoms with Gasteiger partial charge in [0.2, 0.25) is 11.7 Å². The molecule has 2 aromatic rings. The smallest absolute Gasteiger partial charge is 0.308 e. The van der Waals surface area contributed by atoms with E-state index in [2.05, 4.69) is 44.9 Å². The summed E-state index contributed by atoms with van der Waals surface area (Å²) in [6, 6.07) is 14.1. The van der Waals surface area contributed by atoms with E-state index in [0.29, 0.717) is 0 Å². The Labute approximate surface area is 176 Å². The van der Waals surface area contributed by atoms with E-state index in [1.165, 1.54) is 17.7 Å². The number of nitrogens with one attached hydrogen (secondary N) is 1. The lowest BCUT2D eigenvalue weighted by Gasteiger charge is -2.35. The molecule has 1 N–H and O–H groups in total. The second kappa shape index (κ2) is 9.42. The van der Waals surface area contributed by atoms with Gasteiger partial charge in [-0.05, 0) is 24.5 Å². The number of nitrogens with zero attached hydrogens (tertiary/aromatic N) is 2. The molecule has 6 nitrogen and oxygen atoms in total. The Kier molecular flexibility index (Phi) is 6.95. The fraction of sp³-hybridized carbons (Fsp3) is 0.350. The Balaban J connectivity index is 1.53. The van der Waals surface area contributed by atoms with Gasteiger partial charge in [-0.1, -0.05) is 65.1 Å². The van der Waals surface area contributed by atoms with E-state index in [1.54, 1.807) is 0 Å². The van der Waals surface area contributed by atoms with E-state index in [0.717, 1.165) is 32.0 Å². The fourth-order valence-corrected chi connectivity index (χ4v) is 4.42. The number of hydrogen-bond acceptors (Lipinski definition) is 4. The summed E-state index contributed by atoms with van der Waals surface area (Å²) < 4.78 is 14.0. The second-order valence-electron chi connectivity index (χ2n) is 6.81. The summed E-state index contributed by atoms with van der Waals surface area (Å²) >= 11 is 2.43. The Bertz CT molecular complexity index is 842. The van der Waals surface area contributed by atoms with Gasteiger partial charge in [0.15, 0.2) is 0 Å². The predicted octanol–water partition coefficient (Wildman–Crippen LogP) is 3.99. The topological polar surface area (TPSA) is 75.5 Å². The highest BCUT2D eigenvalue weighted by Crippen LogP contribution is 2.30. The number of carbonyl (C=O) groups is 1. The highest BCUT2D eigenvalue weighted by molar-refractivity contribution is 14.1. The summed E-state index contributed by atoms with van der Waals surface area (Å²) in [5, 5.41) is 14.0. The molecule has 1 fully saturated rings. The van der Waals surface area contributed by atoms with Crippen LogP contribution < -0.4 is 5.32 Å².